The Morgan fingerprint density at radius 1 is 1.17 bits per heavy atom. The van der Waals surface area contributed by atoms with Crippen molar-refractivity contribution in [2.45, 2.75) is 83.2 Å². The zero-order chi connectivity index (χ0) is 25.8. The lowest BCUT2D eigenvalue weighted by atomic mass is 9.44. The Morgan fingerprint density at radius 3 is 2.55 bits per heavy atom. The first-order valence-corrected chi connectivity index (χ1v) is 11.7. The molecule has 0 radical (unpaired) electrons. The normalized spacial score (nSPS) is 58.3. The standard InChI is InChI=1S/C21H34O7S/c1-19-8-5-14(22)11-13(19)3-4-15-16(19)6-9-20(2)17(15)7-10-21(20,24)18(23)12-28-29(25,26)27/h13-17,22,24H,3-12H2,1-2H3,(H,25,26,27)/t13-,14+,15+,16-,17-,19-,20-,21-/m0/s1/i5D2,11D2,14D. The highest BCUT2D eigenvalue weighted by Gasteiger charge is 2.66. The molecule has 0 bridgehead atoms. The zero-order valence-electron chi connectivity index (χ0n) is 21.8. The van der Waals surface area contributed by atoms with Crippen LogP contribution in [0.3, 0.4) is 0 Å². The minimum Gasteiger partial charge on any atom is -0.393 e. The molecule has 0 heterocycles. The van der Waals surface area contributed by atoms with E-state index in [4.69, 9.17) is 11.4 Å². The molecule has 0 aromatic carbocycles. The molecule has 29 heavy (non-hydrogen) atoms. The lowest BCUT2D eigenvalue weighted by Crippen LogP contribution is -2.59. The highest BCUT2D eigenvalue weighted by Crippen LogP contribution is 2.68. The van der Waals surface area contributed by atoms with E-state index in [1.807, 2.05) is 13.8 Å². The largest absolute Gasteiger partial charge is 0.397 e. The van der Waals surface area contributed by atoms with Crippen molar-refractivity contribution in [3.63, 3.8) is 0 Å². The summed E-state index contributed by atoms with van der Waals surface area (Å²) in [6.07, 6.45) is -5.50. The molecule has 3 N–H and O–H groups in total. The Morgan fingerprint density at radius 2 is 1.86 bits per heavy atom. The molecular formula is C21H34O7S. The molecule has 0 aromatic heterocycles. The third kappa shape index (κ3) is 3.30. The summed E-state index contributed by atoms with van der Waals surface area (Å²) >= 11 is 0. The van der Waals surface area contributed by atoms with E-state index in [0.717, 1.165) is 0 Å². The van der Waals surface area contributed by atoms with E-state index in [0.29, 0.717) is 32.1 Å². The molecule has 4 aliphatic rings. The Bertz CT molecular complexity index is 988. The van der Waals surface area contributed by atoms with Gasteiger partial charge in [0, 0.05) is 10.9 Å². The van der Waals surface area contributed by atoms with Crippen LogP contribution in [0.2, 0.25) is 0 Å². The summed E-state index contributed by atoms with van der Waals surface area (Å²) in [6.45, 7) is 2.70. The van der Waals surface area contributed by atoms with Gasteiger partial charge in [0.15, 0.2) is 5.78 Å². The van der Waals surface area contributed by atoms with Crippen LogP contribution in [-0.4, -0.2) is 47.3 Å². The Kier molecular flexibility index (Phi) is 3.89. The number of rotatable bonds is 4. The molecule has 0 aromatic rings. The van der Waals surface area contributed by atoms with E-state index >= 15 is 0 Å². The van der Waals surface area contributed by atoms with Gasteiger partial charge in [-0.25, -0.2) is 4.18 Å². The first-order chi connectivity index (χ1) is 15.2. The molecule has 4 saturated carbocycles. The predicted molar refractivity (Wildman–Crippen MR) is 105 cm³/mol. The van der Waals surface area contributed by atoms with E-state index in [2.05, 4.69) is 4.18 Å². The number of aliphatic hydroxyl groups is 2. The van der Waals surface area contributed by atoms with Crippen molar-refractivity contribution < 1.29 is 39.0 Å². The van der Waals surface area contributed by atoms with Crippen molar-refractivity contribution in [2.24, 2.45) is 34.5 Å². The van der Waals surface area contributed by atoms with Crippen LogP contribution in [0.25, 0.3) is 0 Å². The van der Waals surface area contributed by atoms with E-state index in [9.17, 15) is 23.4 Å². The zero-order valence-corrected chi connectivity index (χ0v) is 17.7. The number of fused-ring (bicyclic) bond motifs is 5. The topological polar surface area (TPSA) is 121 Å². The molecular weight excluding hydrogens is 396 g/mol. The molecule has 8 heteroatoms. The third-order valence-electron chi connectivity index (χ3n) is 8.77. The van der Waals surface area contributed by atoms with E-state index < -0.39 is 64.0 Å². The fourth-order valence-electron chi connectivity index (χ4n) is 7.16. The molecule has 0 unspecified atom stereocenters. The summed E-state index contributed by atoms with van der Waals surface area (Å²) in [5.74, 6) is -1.78. The SMILES string of the molecule is [2H]C1([2H])C[C@]2(C)[C@H]3CC[C@@]4(C)[C@@H](CC[C@]4(O)C(=O)COS(=O)(=O)O)[C@@H]3CC[C@H]2C([2H])([2H])[C@]1([2H])O. The molecule has 7 nitrogen and oxygen atoms in total. The average molecular weight is 436 g/mol. The van der Waals surface area contributed by atoms with Crippen molar-refractivity contribution in [1.29, 1.82) is 0 Å². The summed E-state index contributed by atoms with van der Waals surface area (Å²) in [5.41, 5.74) is -3.52. The Hall–Kier alpha value is -0.540. The highest BCUT2D eigenvalue weighted by atomic mass is 32.3. The Balaban J connectivity index is 1.65. The van der Waals surface area contributed by atoms with Gasteiger partial charge >= 0.3 is 10.4 Å². The number of ketones is 1. The smallest absolute Gasteiger partial charge is 0.393 e. The van der Waals surface area contributed by atoms with Gasteiger partial charge in [0.1, 0.15) is 12.2 Å². The van der Waals surface area contributed by atoms with Crippen LogP contribution < -0.4 is 0 Å². The second kappa shape index (κ2) is 6.99. The summed E-state index contributed by atoms with van der Waals surface area (Å²) in [4.78, 5) is 12.9. The minimum absolute atomic E-state index is 0.0205. The van der Waals surface area contributed by atoms with Crippen molar-refractivity contribution in [2.75, 3.05) is 6.61 Å². The van der Waals surface area contributed by atoms with Crippen molar-refractivity contribution in [3.8, 4) is 0 Å². The maximum atomic E-state index is 12.9. The van der Waals surface area contributed by atoms with Crippen LogP contribution in [0, 0.1) is 34.5 Å². The summed E-state index contributed by atoms with van der Waals surface area (Å²) in [7, 11) is -4.84. The van der Waals surface area contributed by atoms with Crippen molar-refractivity contribution >= 4 is 16.2 Å². The van der Waals surface area contributed by atoms with E-state index in [-0.39, 0.29) is 30.6 Å². The second-order valence-corrected chi connectivity index (χ2v) is 10.9. The highest BCUT2D eigenvalue weighted by molar-refractivity contribution is 7.80. The van der Waals surface area contributed by atoms with Gasteiger partial charge in [0.2, 0.25) is 0 Å². The monoisotopic (exact) mass is 435 g/mol. The summed E-state index contributed by atoms with van der Waals surface area (Å²) in [6, 6.07) is 0. The third-order valence-corrected chi connectivity index (χ3v) is 9.18. The van der Waals surface area contributed by atoms with Gasteiger partial charge in [-0.15, -0.1) is 0 Å². The van der Waals surface area contributed by atoms with Gasteiger partial charge in [-0.2, -0.15) is 8.42 Å². The molecule has 0 aliphatic heterocycles. The van der Waals surface area contributed by atoms with E-state index in [1.54, 1.807) is 0 Å². The number of hydrogen-bond acceptors (Lipinski definition) is 6. The van der Waals surface area contributed by atoms with Crippen LogP contribution in [-0.2, 0) is 19.4 Å². The van der Waals surface area contributed by atoms with Crippen molar-refractivity contribution in [3.05, 3.63) is 0 Å². The van der Waals surface area contributed by atoms with Crippen LogP contribution in [0.5, 0.6) is 0 Å². The maximum Gasteiger partial charge on any atom is 0.397 e. The molecule has 166 valence electrons. The number of carbonyl (C=O) groups excluding carboxylic acids is 1. The number of hydrogen-bond donors (Lipinski definition) is 3. The molecule has 0 spiro atoms. The van der Waals surface area contributed by atoms with Crippen LogP contribution in [0.1, 0.15) is 78.4 Å². The van der Waals surface area contributed by atoms with Gasteiger partial charge in [-0.3, -0.25) is 9.35 Å². The Labute approximate surface area is 180 Å². The summed E-state index contributed by atoms with van der Waals surface area (Å²) in [5, 5.41) is 22.0. The maximum absolute atomic E-state index is 12.9. The first kappa shape index (κ1) is 16.1. The lowest BCUT2D eigenvalue weighted by molar-refractivity contribution is -0.173. The van der Waals surface area contributed by atoms with Crippen molar-refractivity contribution in [1.82, 2.24) is 0 Å². The van der Waals surface area contributed by atoms with Crippen LogP contribution in [0.15, 0.2) is 0 Å². The fraction of sp³-hybridized carbons (Fsp3) is 0.952. The fourth-order valence-corrected chi connectivity index (χ4v) is 7.42. The van der Waals surface area contributed by atoms with Gasteiger partial charge in [-0.1, -0.05) is 13.8 Å². The quantitative estimate of drug-likeness (QED) is 0.580. The van der Waals surface area contributed by atoms with Gasteiger partial charge in [0.05, 0.1) is 7.45 Å². The number of Topliss-reactive ketones (excluding diaryl/α,β-unsaturated/α-hetero) is 1. The van der Waals surface area contributed by atoms with E-state index in [1.165, 1.54) is 0 Å². The number of carbonyl (C=O) groups is 1. The van der Waals surface area contributed by atoms with Gasteiger partial charge < -0.3 is 10.2 Å². The molecule has 4 aliphatic carbocycles. The molecule has 4 rings (SSSR count). The molecule has 8 atom stereocenters. The van der Waals surface area contributed by atoms with Gasteiger partial charge in [0.25, 0.3) is 0 Å². The van der Waals surface area contributed by atoms with Crippen LogP contribution >= 0.6 is 0 Å². The molecule has 0 amide bonds. The van der Waals surface area contributed by atoms with Crippen LogP contribution in [0.4, 0.5) is 0 Å². The minimum atomic E-state index is -4.84. The average Bonchev–Trinajstić information content (AvgIpc) is 2.96. The summed E-state index contributed by atoms with van der Waals surface area (Å²) < 4.78 is 77.0. The molecule has 0 saturated heterocycles. The lowest BCUT2D eigenvalue weighted by Gasteiger charge is -2.61. The van der Waals surface area contributed by atoms with Gasteiger partial charge in [-0.05, 0) is 86.8 Å². The first-order valence-electron chi connectivity index (χ1n) is 12.8. The predicted octanol–water partition coefficient (Wildman–Crippen LogP) is 2.51. The molecule has 4 fully saturated rings. The second-order valence-electron chi connectivity index (χ2n) is 9.83.